The smallest absolute Gasteiger partial charge is 0.225 e. The Balaban J connectivity index is 2.09. The van der Waals surface area contributed by atoms with E-state index in [1.807, 2.05) is 42.6 Å². The number of hydrogen-bond acceptors (Lipinski definition) is 4. The van der Waals surface area contributed by atoms with E-state index >= 15 is 0 Å². The van der Waals surface area contributed by atoms with Gasteiger partial charge in [-0.25, -0.2) is 0 Å². The number of amides is 1. The molecule has 22 heavy (non-hydrogen) atoms. The van der Waals surface area contributed by atoms with Crippen molar-refractivity contribution in [2.75, 3.05) is 14.2 Å². The van der Waals surface area contributed by atoms with E-state index in [4.69, 9.17) is 9.47 Å². The molecule has 1 heterocycles. The third-order valence-electron chi connectivity index (χ3n) is 3.47. The molecule has 1 amide bonds. The molecule has 0 aliphatic carbocycles. The number of carbonyl (C=O) groups is 1. The number of methoxy groups -OCH3 is 2. The van der Waals surface area contributed by atoms with Crippen molar-refractivity contribution in [2.45, 2.75) is 25.8 Å². The van der Waals surface area contributed by atoms with Crippen molar-refractivity contribution in [1.29, 1.82) is 0 Å². The first-order chi connectivity index (χ1) is 10.7. The highest BCUT2D eigenvalue weighted by molar-refractivity contribution is 7.10. The van der Waals surface area contributed by atoms with E-state index in [0.29, 0.717) is 17.9 Å². The SMILES string of the molecule is CCC(NC(=O)Cc1cccs1)c1ccc(OC)c(OC)c1. The van der Waals surface area contributed by atoms with E-state index < -0.39 is 0 Å². The highest BCUT2D eigenvalue weighted by atomic mass is 32.1. The van der Waals surface area contributed by atoms with Crippen molar-refractivity contribution < 1.29 is 14.3 Å². The Labute approximate surface area is 135 Å². The van der Waals surface area contributed by atoms with E-state index in [2.05, 4.69) is 5.32 Å². The Hall–Kier alpha value is -2.01. The van der Waals surface area contributed by atoms with Crippen molar-refractivity contribution in [1.82, 2.24) is 5.32 Å². The molecule has 2 aromatic rings. The Morgan fingerprint density at radius 2 is 2.00 bits per heavy atom. The van der Waals surface area contributed by atoms with Gasteiger partial charge in [-0.05, 0) is 35.6 Å². The van der Waals surface area contributed by atoms with Crippen molar-refractivity contribution >= 4 is 17.2 Å². The van der Waals surface area contributed by atoms with Crippen LogP contribution in [0, 0.1) is 0 Å². The molecule has 0 spiro atoms. The molecule has 0 bridgehead atoms. The Morgan fingerprint density at radius 1 is 1.23 bits per heavy atom. The fourth-order valence-electron chi connectivity index (χ4n) is 2.31. The molecule has 0 aliphatic rings. The number of nitrogens with one attached hydrogen (secondary N) is 1. The van der Waals surface area contributed by atoms with Gasteiger partial charge < -0.3 is 14.8 Å². The normalized spacial score (nSPS) is 11.8. The van der Waals surface area contributed by atoms with Gasteiger partial charge in [0.2, 0.25) is 5.91 Å². The number of ether oxygens (including phenoxy) is 2. The Kier molecular flexibility index (Phi) is 5.83. The number of carbonyl (C=O) groups excluding carboxylic acids is 1. The van der Waals surface area contributed by atoms with Gasteiger partial charge in [0.25, 0.3) is 0 Å². The molecule has 0 saturated carbocycles. The van der Waals surface area contributed by atoms with Gasteiger partial charge in [-0.2, -0.15) is 0 Å². The average Bonchev–Trinajstić information content (AvgIpc) is 3.04. The van der Waals surface area contributed by atoms with Crippen LogP contribution < -0.4 is 14.8 Å². The summed E-state index contributed by atoms with van der Waals surface area (Å²) in [6.45, 7) is 2.05. The molecule has 1 aromatic carbocycles. The van der Waals surface area contributed by atoms with E-state index in [9.17, 15) is 4.79 Å². The molecule has 1 atom stereocenters. The highest BCUT2D eigenvalue weighted by Gasteiger charge is 2.15. The first-order valence-corrected chi connectivity index (χ1v) is 8.09. The van der Waals surface area contributed by atoms with Crippen molar-refractivity contribution in [2.24, 2.45) is 0 Å². The van der Waals surface area contributed by atoms with Crippen LogP contribution in [0.1, 0.15) is 29.8 Å². The molecule has 0 radical (unpaired) electrons. The number of rotatable bonds is 7. The van der Waals surface area contributed by atoms with E-state index in [0.717, 1.165) is 16.9 Å². The third kappa shape index (κ3) is 4.01. The lowest BCUT2D eigenvalue weighted by Gasteiger charge is -2.19. The maximum absolute atomic E-state index is 12.2. The number of hydrogen-bond donors (Lipinski definition) is 1. The van der Waals surface area contributed by atoms with Gasteiger partial charge in [0.1, 0.15) is 0 Å². The molecule has 0 aliphatic heterocycles. The lowest BCUT2D eigenvalue weighted by molar-refractivity contribution is -0.121. The zero-order valence-corrected chi connectivity index (χ0v) is 13.9. The van der Waals surface area contributed by atoms with Gasteiger partial charge in [0.05, 0.1) is 26.7 Å². The highest BCUT2D eigenvalue weighted by Crippen LogP contribution is 2.30. The maximum atomic E-state index is 12.2. The summed E-state index contributed by atoms with van der Waals surface area (Å²) in [4.78, 5) is 13.2. The van der Waals surface area contributed by atoms with Gasteiger partial charge in [-0.3, -0.25) is 4.79 Å². The first kappa shape index (κ1) is 16.4. The van der Waals surface area contributed by atoms with Gasteiger partial charge in [0, 0.05) is 4.88 Å². The van der Waals surface area contributed by atoms with Crippen LogP contribution in [0.4, 0.5) is 0 Å². The zero-order chi connectivity index (χ0) is 15.9. The molecule has 1 N–H and O–H groups in total. The molecule has 1 aromatic heterocycles. The second-order valence-corrected chi connectivity index (χ2v) is 5.93. The fraction of sp³-hybridized carbons (Fsp3) is 0.353. The fourth-order valence-corrected chi connectivity index (χ4v) is 3.01. The van der Waals surface area contributed by atoms with E-state index in [-0.39, 0.29) is 11.9 Å². The van der Waals surface area contributed by atoms with Gasteiger partial charge in [-0.15, -0.1) is 11.3 Å². The lowest BCUT2D eigenvalue weighted by atomic mass is 10.0. The molecule has 0 fully saturated rings. The van der Waals surface area contributed by atoms with Crippen LogP contribution in [-0.4, -0.2) is 20.1 Å². The van der Waals surface area contributed by atoms with Gasteiger partial charge in [0.15, 0.2) is 11.5 Å². The van der Waals surface area contributed by atoms with Crippen LogP contribution in [0.2, 0.25) is 0 Å². The van der Waals surface area contributed by atoms with Crippen molar-refractivity contribution in [3.8, 4) is 11.5 Å². The van der Waals surface area contributed by atoms with Crippen molar-refractivity contribution in [3.63, 3.8) is 0 Å². The van der Waals surface area contributed by atoms with Gasteiger partial charge in [-0.1, -0.05) is 19.1 Å². The number of benzene rings is 1. The minimum Gasteiger partial charge on any atom is -0.493 e. The summed E-state index contributed by atoms with van der Waals surface area (Å²) in [6, 6.07) is 9.63. The molecule has 2 rings (SSSR count). The molecule has 4 nitrogen and oxygen atoms in total. The van der Waals surface area contributed by atoms with Crippen LogP contribution in [-0.2, 0) is 11.2 Å². The summed E-state index contributed by atoms with van der Waals surface area (Å²) in [7, 11) is 3.22. The van der Waals surface area contributed by atoms with Crippen molar-refractivity contribution in [3.05, 3.63) is 46.2 Å². The monoisotopic (exact) mass is 319 g/mol. The minimum absolute atomic E-state index is 0.0316. The van der Waals surface area contributed by atoms with Crippen LogP contribution in [0.5, 0.6) is 11.5 Å². The average molecular weight is 319 g/mol. The molecule has 1 unspecified atom stereocenters. The summed E-state index contributed by atoms with van der Waals surface area (Å²) in [6.07, 6.45) is 1.23. The summed E-state index contributed by atoms with van der Waals surface area (Å²) >= 11 is 1.60. The minimum atomic E-state index is -0.0349. The molecular weight excluding hydrogens is 298 g/mol. The van der Waals surface area contributed by atoms with Crippen LogP contribution in [0.3, 0.4) is 0 Å². The quantitative estimate of drug-likeness (QED) is 0.848. The van der Waals surface area contributed by atoms with Crippen LogP contribution >= 0.6 is 11.3 Å². The topological polar surface area (TPSA) is 47.6 Å². The summed E-state index contributed by atoms with van der Waals surface area (Å²) < 4.78 is 10.6. The number of thiophene rings is 1. The van der Waals surface area contributed by atoms with Crippen LogP contribution in [0.15, 0.2) is 35.7 Å². The summed E-state index contributed by atoms with van der Waals surface area (Å²) in [5.41, 5.74) is 1.01. The zero-order valence-electron chi connectivity index (χ0n) is 13.1. The Morgan fingerprint density at radius 3 is 2.59 bits per heavy atom. The predicted octanol–water partition coefficient (Wildman–Crippen LogP) is 3.58. The molecule has 118 valence electrons. The lowest BCUT2D eigenvalue weighted by Crippen LogP contribution is -2.29. The third-order valence-corrected chi connectivity index (χ3v) is 4.34. The largest absolute Gasteiger partial charge is 0.493 e. The molecule has 0 saturated heterocycles. The van der Waals surface area contributed by atoms with E-state index in [1.54, 1.807) is 25.6 Å². The van der Waals surface area contributed by atoms with E-state index in [1.165, 1.54) is 0 Å². The summed E-state index contributed by atoms with van der Waals surface area (Å²) in [5, 5.41) is 5.06. The second-order valence-electron chi connectivity index (χ2n) is 4.90. The summed E-state index contributed by atoms with van der Waals surface area (Å²) in [5.74, 6) is 1.39. The second kappa shape index (κ2) is 7.84. The van der Waals surface area contributed by atoms with Gasteiger partial charge >= 0.3 is 0 Å². The predicted molar refractivity (Wildman–Crippen MR) is 88.7 cm³/mol. The maximum Gasteiger partial charge on any atom is 0.225 e. The Bertz CT molecular complexity index is 610. The van der Waals surface area contributed by atoms with Crippen LogP contribution in [0.25, 0.3) is 0 Å². The first-order valence-electron chi connectivity index (χ1n) is 7.21. The standard InChI is InChI=1S/C17H21NO3S/c1-4-14(18-17(19)11-13-6-5-9-22-13)12-7-8-15(20-2)16(10-12)21-3/h5-10,14H,4,11H2,1-3H3,(H,18,19). The molecule has 5 heteroatoms. The molecular formula is C17H21NO3S.